The number of sulfonamides is 1. The number of benzene rings is 1. The molecule has 0 radical (unpaired) electrons. The molecule has 2 rings (SSSR count). The van der Waals surface area contributed by atoms with E-state index >= 15 is 0 Å². The summed E-state index contributed by atoms with van der Waals surface area (Å²) in [6.07, 6.45) is 0. The molecule has 0 atom stereocenters. The highest BCUT2D eigenvalue weighted by Gasteiger charge is 2.17. The molecule has 9 heteroatoms. The lowest BCUT2D eigenvalue weighted by Gasteiger charge is -2.08. The predicted octanol–water partition coefficient (Wildman–Crippen LogP) is 0.744. The first kappa shape index (κ1) is 13.4. The summed E-state index contributed by atoms with van der Waals surface area (Å²) in [5, 5.41) is 8.55. The van der Waals surface area contributed by atoms with Crippen LogP contribution >= 0.6 is 0 Å². The van der Waals surface area contributed by atoms with Gasteiger partial charge in [0.05, 0.1) is 0 Å². The summed E-state index contributed by atoms with van der Waals surface area (Å²) in [5.74, 6) is -0.218. The maximum atomic E-state index is 13.0. The summed E-state index contributed by atoms with van der Waals surface area (Å²) >= 11 is 0. The van der Waals surface area contributed by atoms with Crippen molar-refractivity contribution < 1.29 is 22.1 Å². The molecule has 0 fully saturated rings. The van der Waals surface area contributed by atoms with Crippen molar-refractivity contribution in [2.45, 2.75) is 18.4 Å². The third kappa shape index (κ3) is 3.26. The van der Waals surface area contributed by atoms with E-state index in [4.69, 9.17) is 14.4 Å². The van der Waals surface area contributed by atoms with Crippen LogP contribution in [0.15, 0.2) is 27.6 Å². The van der Waals surface area contributed by atoms with Crippen LogP contribution in [0.5, 0.6) is 5.75 Å². The number of hydrogen-bond acceptors (Lipinski definition) is 6. The fourth-order valence-corrected chi connectivity index (χ4v) is 2.05. The van der Waals surface area contributed by atoms with Crippen molar-refractivity contribution in [2.75, 3.05) is 0 Å². The van der Waals surface area contributed by atoms with Crippen LogP contribution in [0.4, 0.5) is 4.39 Å². The molecule has 0 unspecified atom stereocenters. The molecular formula is C10H10FN3O4S. The van der Waals surface area contributed by atoms with Gasteiger partial charge in [-0.3, -0.25) is 0 Å². The number of halogens is 1. The zero-order valence-electron chi connectivity index (χ0n) is 9.83. The number of aryl methyl sites for hydroxylation is 1. The first-order valence-electron chi connectivity index (χ1n) is 5.10. The summed E-state index contributed by atoms with van der Waals surface area (Å²) in [7, 11) is -4.08. The minimum atomic E-state index is -4.08. The van der Waals surface area contributed by atoms with E-state index in [1.807, 2.05) is 0 Å². The van der Waals surface area contributed by atoms with Crippen molar-refractivity contribution >= 4 is 10.0 Å². The molecule has 0 saturated heterocycles. The van der Waals surface area contributed by atoms with Crippen LogP contribution in [0.1, 0.15) is 11.7 Å². The van der Waals surface area contributed by atoms with Crippen LogP contribution in [0.3, 0.4) is 0 Å². The zero-order chi connectivity index (χ0) is 14.0. The first-order valence-corrected chi connectivity index (χ1v) is 6.65. The molecule has 0 amide bonds. The van der Waals surface area contributed by atoms with E-state index < -0.39 is 20.7 Å². The normalized spacial score (nSPS) is 11.5. The van der Waals surface area contributed by atoms with E-state index in [1.165, 1.54) is 6.07 Å². The zero-order valence-corrected chi connectivity index (χ0v) is 10.6. The average Bonchev–Trinajstić information content (AvgIpc) is 2.72. The Morgan fingerprint density at radius 2 is 2.21 bits per heavy atom. The Labute approximate surface area is 108 Å². The van der Waals surface area contributed by atoms with Gasteiger partial charge in [0.2, 0.25) is 21.7 Å². The Bertz CT molecular complexity index is 699. The number of primary sulfonamides is 1. The summed E-state index contributed by atoms with van der Waals surface area (Å²) in [5.41, 5.74) is 0. The summed E-state index contributed by atoms with van der Waals surface area (Å²) in [6, 6.07) is 3.01. The second-order valence-corrected chi connectivity index (χ2v) is 5.18. The average molecular weight is 287 g/mol. The molecule has 0 aliphatic carbocycles. The van der Waals surface area contributed by atoms with Crippen LogP contribution < -0.4 is 9.88 Å². The van der Waals surface area contributed by atoms with E-state index in [1.54, 1.807) is 6.92 Å². The van der Waals surface area contributed by atoms with Crippen LogP contribution in [0.2, 0.25) is 0 Å². The molecule has 2 aromatic rings. The van der Waals surface area contributed by atoms with Crippen molar-refractivity contribution in [3.05, 3.63) is 35.7 Å². The summed E-state index contributed by atoms with van der Waals surface area (Å²) in [6.45, 7) is 1.48. The summed E-state index contributed by atoms with van der Waals surface area (Å²) < 4.78 is 45.6. The van der Waals surface area contributed by atoms with Crippen LogP contribution in [-0.2, 0) is 16.6 Å². The Kier molecular flexibility index (Phi) is 3.49. The minimum absolute atomic E-state index is 0.0775. The second-order valence-electron chi connectivity index (χ2n) is 3.65. The van der Waals surface area contributed by atoms with Gasteiger partial charge in [0.15, 0.2) is 6.61 Å². The SMILES string of the molecule is Cc1nc(COc2ccc(F)cc2S(N)(=O)=O)no1. The standard InChI is InChI=1S/C10H10FN3O4S/c1-6-13-10(14-18-6)5-17-8-3-2-7(11)4-9(8)19(12,15)16/h2-4H,5H2,1H3,(H2,12,15,16). The van der Waals surface area contributed by atoms with Crippen molar-refractivity contribution in [2.24, 2.45) is 5.14 Å². The molecule has 2 N–H and O–H groups in total. The van der Waals surface area contributed by atoms with Gasteiger partial charge in [0.1, 0.15) is 16.5 Å². The fraction of sp³-hybridized carbons (Fsp3) is 0.200. The lowest BCUT2D eigenvalue weighted by atomic mass is 10.3. The Balaban J connectivity index is 2.25. The van der Waals surface area contributed by atoms with Crippen LogP contribution in [0, 0.1) is 12.7 Å². The van der Waals surface area contributed by atoms with Gasteiger partial charge in [-0.15, -0.1) is 0 Å². The monoisotopic (exact) mass is 287 g/mol. The maximum absolute atomic E-state index is 13.0. The number of nitrogens with two attached hydrogens (primary N) is 1. The van der Waals surface area contributed by atoms with Crippen molar-refractivity contribution in [1.29, 1.82) is 0 Å². The third-order valence-electron chi connectivity index (χ3n) is 2.14. The number of hydrogen-bond donors (Lipinski definition) is 1. The molecule has 0 aliphatic rings. The van der Waals surface area contributed by atoms with Gasteiger partial charge in [-0.2, -0.15) is 4.98 Å². The van der Waals surface area contributed by atoms with Crippen molar-refractivity contribution in [1.82, 2.24) is 10.1 Å². The predicted molar refractivity (Wildman–Crippen MR) is 61.1 cm³/mol. The molecule has 0 aliphatic heterocycles. The maximum Gasteiger partial charge on any atom is 0.241 e. The molecule has 1 aromatic carbocycles. The Hall–Kier alpha value is -2.00. The van der Waals surface area contributed by atoms with Gasteiger partial charge in [-0.25, -0.2) is 17.9 Å². The van der Waals surface area contributed by atoms with Crippen molar-refractivity contribution in [3.63, 3.8) is 0 Å². The fourth-order valence-electron chi connectivity index (χ4n) is 1.37. The quantitative estimate of drug-likeness (QED) is 0.888. The highest BCUT2D eigenvalue weighted by atomic mass is 32.2. The largest absolute Gasteiger partial charge is 0.484 e. The van der Waals surface area contributed by atoms with Crippen LogP contribution in [0.25, 0.3) is 0 Å². The van der Waals surface area contributed by atoms with Gasteiger partial charge in [0, 0.05) is 6.92 Å². The third-order valence-corrected chi connectivity index (χ3v) is 3.07. The van der Waals surface area contributed by atoms with Gasteiger partial charge < -0.3 is 9.26 Å². The molecule has 102 valence electrons. The smallest absolute Gasteiger partial charge is 0.241 e. The molecule has 0 saturated carbocycles. The Morgan fingerprint density at radius 1 is 1.47 bits per heavy atom. The van der Waals surface area contributed by atoms with E-state index in [-0.39, 0.29) is 18.2 Å². The summed E-state index contributed by atoms with van der Waals surface area (Å²) in [4.78, 5) is 3.44. The molecule has 19 heavy (non-hydrogen) atoms. The lowest BCUT2D eigenvalue weighted by molar-refractivity contribution is 0.278. The number of ether oxygens (including phenoxy) is 1. The van der Waals surface area contributed by atoms with Gasteiger partial charge >= 0.3 is 0 Å². The van der Waals surface area contributed by atoms with E-state index in [9.17, 15) is 12.8 Å². The Morgan fingerprint density at radius 3 is 2.79 bits per heavy atom. The number of nitrogens with zero attached hydrogens (tertiary/aromatic N) is 2. The second kappa shape index (κ2) is 4.94. The van der Waals surface area contributed by atoms with Gasteiger partial charge in [-0.05, 0) is 18.2 Å². The van der Waals surface area contributed by atoms with Gasteiger partial charge in [-0.1, -0.05) is 5.16 Å². The molecule has 1 heterocycles. The minimum Gasteiger partial charge on any atom is -0.484 e. The van der Waals surface area contributed by atoms with E-state index in [0.29, 0.717) is 5.89 Å². The molecule has 1 aromatic heterocycles. The molecular weight excluding hydrogens is 277 g/mol. The van der Waals surface area contributed by atoms with Crippen LogP contribution in [-0.4, -0.2) is 18.6 Å². The highest BCUT2D eigenvalue weighted by molar-refractivity contribution is 7.89. The molecule has 7 nitrogen and oxygen atoms in total. The topological polar surface area (TPSA) is 108 Å². The lowest BCUT2D eigenvalue weighted by Crippen LogP contribution is -2.14. The highest BCUT2D eigenvalue weighted by Crippen LogP contribution is 2.24. The van der Waals surface area contributed by atoms with E-state index in [2.05, 4.69) is 10.1 Å². The number of rotatable bonds is 4. The molecule has 0 spiro atoms. The number of aromatic nitrogens is 2. The van der Waals surface area contributed by atoms with Gasteiger partial charge in [0.25, 0.3) is 0 Å². The molecule has 0 bridgehead atoms. The first-order chi connectivity index (χ1) is 8.86. The van der Waals surface area contributed by atoms with Crippen molar-refractivity contribution in [3.8, 4) is 5.75 Å². The van der Waals surface area contributed by atoms with E-state index in [0.717, 1.165) is 12.1 Å².